The van der Waals surface area contributed by atoms with E-state index in [1.165, 1.54) is 0 Å². The van der Waals surface area contributed by atoms with Gasteiger partial charge in [0.15, 0.2) is 0 Å². The van der Waals surface area contributed by atoms with Gasteiger partial charge in [0.1, 0.15) is 0 Å². The normalized spacial score (nSPS) is 26.7. The van der Waals surface area contributed by atoms with E-state index in [2.05, 4.69) is 4.90 Å². The number of likely N-dealkylation sites (N-methyl/N-ethyl adjacent to an activating group) is 1. The summed E-state index contributed by atoms with van der Waals surface area (Å²) in [6, 6.07) is 7.06. The maximum absolute atomic E-state index is 12.6. The van der Waals surface area contributed by atoms with Crippen LogP contribution in [0.2, 0.25) is 0 Å². The summed E-state index contributed by atoms with van der Waals surface area (Å²) in [5.41, 5.74) is 1.06. The van der Waals surface area contributed by atoms with E-state index in [1.54, 1.807) is 12.1 Å². The molecule has 2 atom stereocenters. The van der Waals surface area contributed by atoms with Gasteiger partial charge in [0.2, 0.25) is 9.84 Å². The van der Waals surface area contributed by atoms with Crippen LogP contribution in [0.3, 0.4) is 0 Å². The molecular weight excluding hydrogens is 246 g/mol. The summed E-state index contributed by atoms with van der Waals surface area (Å²) in [5, 5.41) is 0. The molecule has 0 aliphatic carbocycles. The molecule has 0 spiro atoms. The van der Waals surface area contributed by atoms with Gasteiger partial charge in [0.05, 0.1) is 15.8 Å². The summed E-state index contributed by atoms with van der Waals surface area (Å²) in [6.45, 7) is 1.95. The average Bonchev–Trinajstić information content (AvgIpc) is 2.86. The van der Waals surface area contributed by atoms with Crippen molar-refractivity contribution in [2.24, 2.45) is 0 Å². The summed E-state index contributed by atoms with van der Waals surface area (Å²) in [5.74, 6) is 0. The second-order valence-corrected chi connectivity index (χ2v) is 6.82. The summed E-state index contributed by atoms with van der Waals surface area (Å²) >= 11 is 0. The molecular formula is C14H15NO2S. The molecule has 2 aliphatic rings. The Balaban J connectivity index is 2.03. The van der Waals surface area contributed by atoms with Gasteiger partial charge in [-0.1, -0.05) is 29.8 Å². The quantitative estimate of drug-likeness (QED) is 0.763. The summed E-state index contributed by atoms with van der Waals surface area (Å²) in [7, 11) is -1.40. The van der Waals surface area contributed by atoms with Crippen LogP contribution in [0.25, 0.3) is 0 Å². The molecule has 2 unspecified atom stereocenters. The minimum atomic E-state index is -3.35. The Kier molecular flexibility index (Phi) is 2.47. The number of benzene rings is 1. The van der Waals surface area contributed by atoms with Crippen molar-refractivity contribution in [1.29, 1.82) is 0 Å². The zero-order chi connectivity index (χ0) is 12.9. The third kappa shape index (κ3) is 1.56. The molecule has 0 saturated heterocycles. The summed E-state index contributed by atoms with van der Waals surface area (Å²) in [6.07, 6.45) is 5.85. The minimum Gasteiger partial charge on any atom is -0.285 e. The van der Waals surface area contributed by atoms with Crippen molar-refractivity contribution in [3.8, 4) is 0 Å². The van der Waals surface area contributed by atoms with E-state index in [9.17, 15) is 8.42 Å². The first kappa shape index (κ1) is 11.7. The molecule has 0 amide bonds. The third-order valence-corrected chi connectivity index (χ3v) is 5.56. The molecule has 4 heteroatoms. The fourth-order valence-corrected chi connectivity index (χ4v) is 4.16. The highest BCUT2D eigenvalue weighted by Crippen LogP contribution is 2.35. The predicted octanol–water partition coefficient (Wildman–Crippen LogP) is 1.91. The van der Waals surface area contributed by atoms with Gasteiger partial charge in [-0.15, -0.1) is 0 Å². The second kappa shape index (κ2) is 3.80. The minimum absolute atomic E-state index is 0.0960. The molecule has 1 aromatic rings. The van der Waals surface area contributed by atoms with Crippen molar-refractivity contribution in [3.05, 3.63) is 53.0 Å². The summed E-state index contributed by atoms with van der Waals surface area (Å²) in [4.78, 5) is 2.95. The van der Waals surface area contributed by atoms with Crippen molar-refractivity contribution in [1.82, 2.24) is 4.90 Å². The molecule has 94 valence electrons. The van der Waals surface area contributed by atoms with Crippen LogP contribution in [0.1, 0.15) is 5.56 Å². The molecule has 2 aliphatic heterocycles. The maximum Gasteiger partial charge on any atom is 0.204 e. The predicted molar refractivity (Wildman–Crippen MR) is 70.9 cm³/mol. The average molecular weight is 261 g/mol. The van der Waals surface area contributed by atoms with Crippen molar-refractivity contribution in [2.45, 2.75) is 23.9 Å². The number of fused-ring (bicyclic) bond motifs is 2. The van der Waals surface area contributed by atoms with Crippen LogP contribution in [-0.4, -0.2) is 32.4 Å². The van der Waals surface area contributed by atoms with E-state index in [0.29, 0.717) is 9.80 Å². The van der Waals surface area contributed by atoms with Gasteiger partial charge in [-0.2, -0.15) is 0 Å². The Morgan fingerprint density at radius 3 is 2.28 bits per heavy atom. The number of sulfone groups is 1. The van der Waals surface area contributed by atoms with Crippen LogP contribution in [0, 0.1) is 6.92 Å². The molecule has 2 bridgehead atoms. The van der Waals surface area contributed by atoms with Crippen molar-refractivity contribution in [2.75, 3.05) is 7.05 Å². The largest absolute Gasteiger partial charge is 0.285 e. The van der Waals surface area contributed by atoms with E-state index in [4.69, 9.17) is 0 Å². The van der Waals surface area contributed by atoms with Gasteiger partial charge in [-0.25, -0.2) is 8.42 Å². The van der Waals surface area contributed by atoms with Gasteiger partial charge in [0, 0.05) is 6.04 Å². The van der Waals surface area contributed by atoms with Crippen LogP contribution in [-0.2, 0) is 9.84 Å². The lowest BCUT2D eigenvalue weighted by molar-refractivity contribution is 0.348. The van der Waals surface area contributed by atoms with Gasteiger partial charge < -0.3 is 0 Å². The highest BCUT2D eigenvalue weighted by atomic mass is 32.2. The van der Waals surface area contributed by atoms with Gasteiger partial charge >= 0.3 is 0 Å². The number of nitrogens with zero attached hydrogens (tertiary/aromatic N) is 1. The molecule has 0 fully saturated rings. The van der Waals surface area contributed by atoms with E-state index in [1.807, 2.05) is 44.3 Å². The van der Waals surface area contributed by atoms with Crippen LogP contribution >= 0.6 is 0 Å². The molecule has 0 radical (unpaired) electrons. The van der Waals surface area contributed by atoms with Crippen LogP contribution in [0.5, 0.6) is 0 Å². The lowest BCUT2D eigenvalue weighted by atomic mass is 10.2. The topological polar surface area (TPSA) is 37.4 Å². The van der Waals surface area contributed by atoms with Crippen LogP contribution < -0.4 is 0 Å². The first-order chi connectivity index (χ1) is 8.50. The SMILES string of the molecule is Cc1ccc(S(=O)(=O)C2=CC3C=CC2N3C)cc1. The Morgan fingerprint density at radius 2 is 1.78 bits per heavy atom. The Bertz CT molecular complexity index is 641. The van der Waals surface area contributed by atoms with Crippen LogP contribution in [0.15, 0.2) is 52.3 Å². The van der Waals surface area contributed by atoms with Gasteiger partial charge in [0.25, 0.3) is 0 Å². The smallest absolute Gasteiger partial charge is 0.204 e. The molecule has 3 rings (SSSR count). The van der Waals surface area contributed by atoms with Gasteiger partial charge in [-0.05, 0) is 32.2 Å². The lowest BCUT2D eigenvalue weighted by Crippen LogP contribution is -2.28. The van der Waals surface area contributed by atoms with Gasteiger partial charge in [-0.3, -0.25) is 4.90 Å². The van der Waals surface area contributed by atoms with Crippen LogP contribution in [0.4, 0.5) is 0 Å². The molecule has 2 heterocycles. The van der Waals surface area contributed by atoms with E-state index < -0.39 is 9.84 Å². The molecule has 1 aromatic carbocycles. The maximum atomic E-state index is 12.6. The number of hydrogen-bond acceptors (Lipinski definition) is 3. The van der Waals surface area contributed by atoms with E-state index >= 15 is 0 Å². The Hall–Kier alpha value is -1.39. The fraction of sp³-hybridized carbons (Fsp3) is 0.286. The number of hydrogen-bond donors (Lipinski definition) is 0. The highest BCUT2D eigenvalue weighted by Gasteiger charge is 2.40. The Morgan fingerprint density at radius 1 is 1.11 bits per heavy atom. The first-order valence-corrected chi connectivity index (χ1v) is 7.42. The van der Waals surface area contributed by atoms with Crippen molar-refractivity contribution >= 4 is 9.84 Å². The molecule has 3 nitrogen and oxygen atoms in total. The standard InChI is InChI=1S/C14H15NO2S/c1-10-3-6-12(7-4-10)18(16,17)14-9-11-5-8-13(14)15(11)2/h3-9,11,13H,1-2H3. The zero-order valence-electron chi connectivity index (χ0n) is 10.4. The van der Waals surface area contributed by atoms with Crippen molar-refractivity contribution in [3.63, 3.8) is 0 Å². The zero-order valence-corrected chi connectivity index (χ0v) is 11.2. The summed E-state index contributed by atoms with van der Waals surface area (Å²) < 4.78 is 25.1. The van der Waals surface area contributed by atoms with E-state index in [0.717, 1.165) is 5.56 Å². The Labute approximate surface area is 107 Å². The van der Waals surface area contributed by atoms with Crippen molar-refractivity contribution < 1.29 is 8.42 Å². The third-order valence-electron chi connectivity index (χ3n) is 3.67. The van der Waals surface area contributed by atoms with E-state index in [-0.39, 0.29) is 12.1 Å². The molecule has 18 heavy (non-hydrogen) atoms. The monoisotopic (exact) mass is 261 g/mol. The highest BCUT2D eigenvalue weighted by molar-refractivity contribution is 7.95. The molecule has 0 N–H and O–H groups in total. The molecule has 0 saturated carbocycles. The lowest BCUT2D eigenvalue weighted by Gasteiger charge is -2.17. The fourth-order valence-electron chi connectivity index (χ4n) is 2.51. The first-order valence-electron chi connectivity index (χ1n) is 5.94. The molecule has 0 aromatic heterocycles. The number of rotatable bonds is 2. The second-order valence-electron chi connectivity index (χ2n) is 4.87. The number of aryl methyl sites for hydroxylation is 1.